The molecular formula is C24H23NO6. The Hall–Kier alpha value is -3.61. The molecule has 1 fully saturated rings. The van der Waals surface area contributed by atoms with Gasteiger partial charge in [-0.05, 0) is 43.0 Å². The van der Waals surface area contributed by atoms with Gasteiger partial charge in [0.1, 0.15) is 11.3 Å². The van der Waals surface area contributed by atoms with Crippen LogP contribution in [0.2, 0.25) is 0 Å². The van der Waals surface area contributed by atoms with Crippen LogP contribution in [0.25, 0.3) is 22.1 Å². The quantitative estimate of drug-likeness (QED) is 0.633. The van der Waals surface area contributed by atoms with Crippen LogP contribution in [0.5, 0.6) is 5.75 Å². The second-order valence-electron chi connectivity index (χ2n) is 7.72. The molecule has 4 rings (SSSR count). The number of carboxylic acids is 1. The topological polar surface area (TPSA) is 97.0 Å². The van der Waals surface area contributed by atoms with Crippen LogP contribution in [0.1, 0.15) is 19.8 Å². The zero-order chi connectivity index (χ0) is 22.0. The van der Waals surface area contributed by atoms with Gasteiger partial charge in [0.25, 0.3) is 5.91 Å². The SMILES string of the molecule is CC(Oc1ccc2c(-c3ccccc3)cc(=O)oc2c1)C(=O)N1CCC[C@H](C(=O)O)C1. The van der Waals surface area contributed by atoms with Crippen molar-refractivity contribution < 1.29 is 23.8 Å². The molecule has 2 aromatic carbocycles. The molecular weight excluding hydrogens is 398 g/mol. The third-order valence-electron chi connectivity index (χ3n) is 5.54. The molecule has 0 aliphatic carbocycles. The first-order valence-corrected chi connectivity index (χ1v) is 10.2. The third-order valence-corrected chi connectivity index (χ3v) is 5.54. The first-order valence-electron chi connectivity index (χ1n) is 10.2. The van der Waals surface area contributed by atoms with E-state index in [9.17, 15) is 19.5 Å². The van der Waals surface area contributed by atoms with Crippen LogP contribution in [0.4, 0.5) is 0 Å². The Morgan fingerprint density at radius 3 is 2.68 bits per heavy atom. The molecule has 2 heterocycles. The zero-order valence-corrected chi connectivity index (χ0v) is 17.1. The smallest absolute Gasteiger partial charge is 0.336 e. The molecule has 0 radical (unpaired) electrons. The highest BCUT2D eigenvalue weighted by atomic mass is 16.5. The summed E-state index contributed by atoms with van der Waals surface area (Å²) in [4.78, 5) is 37.7. The summed E-state index contributed by atoms with van der Waals surface area (Å²) >= 11 is 0. The standard InChI is InChI=1S/C24H23NO6/c1-15(23(27)25-11-5-8-17(14-25)24(28)29)30-18-9-10-19-20(16-6-3-2-4-7-16)13-22(26)31-21(19)12-18/h2-4,6-7,9-10,12-13,15,17H,5,8,11,14H2,1H3,(H,28,29)/t15?,17-/m0/s1. The van der Waals surface area contributed by atoms with Gasteiger partial charge in [-0.2, -0.15) is 0 Å². The molecule has 7 heteroatoms. The summed E-state index contributed by atoms with van der Waals surface area (Å²) in [5, 5.41) is 10.00. The summed E-state index contributed by atoms with van der Waals surface area (Å²) in [6.45, 7) is 2.34. The molecule has 1 aromatic heterocycles. The zero-order valence-electron chi connectivity index (χ0n) is 17.1. The number of aliphatic carboxylic acids is 1. The maximum atomic E-state index is 12.8. The second-order valence-corrected chi connectivity index (χ2v) is 7.72. The van der Waals surface area contributed by atoms with Crippen molar-refractivity contribution >= 4 is 22.8 Å². The van der Waals surface area contributed by atoms with Crippen LogP contribution >= 0.6 is 0 Å². The summed E-state index contributed by atoms with van der Waals surface area (Å²) in [6.07, 6.45) is 0.426. The van der Waals surface area contributed by atoms with Gasteiger partial charge in [0.15, 0.2) is 6.10 Å². The van der Waals surface area contributed by atoms with Crippen LogP contribution in [0.3, 0.4) is 0 Å². The number of rotatable bonds is 5. The predicted octanol–water partition coefficient (Wildman–Crippen LogP) is 3.55. The van der Waals surface area contributed by atoms with E-state index in [1.807, 2.05) is 30.3 Å². The van der Waals surface area contributed by atoms with Gasteiger partial charge < -0.3 is 19.2 Å². The van der Waals surface area contributed by atoms with Crippen LogP contribution in [0, 0.1) is 5.92 Å². The number of carbonyl (C=O) groups excluding carboxylic acids is 1. The van der Waals surface area contributed by atoms with Crippen molar-refractivity contribution in [2.75, 3.05) is 13.1 Å². The van der Waals surface area contributed by atoms with Crippen molar-refractivity contribution in [3.8, 4) is 16.9 Å². The molecule has 1 N–H and O–H groups in total. The highest BCUT2D eigenvalue weighted by molar-refractivity contribution is 5.93. The molecule has 1 unspecified atom stereocenters. The molecule has 0 spiro atoms. The van der Waals surface area contributed by atoms with E-state index in [2.05, 4.69) is 0 Å². The molecule has 7 nitrogen and oxygen atoms in total. The van der Waals surface area contributed by atoms with Crippen LogP contribution < -0.4 is 10.4 Å². The van der Waals surface area contributed by atoms with E-state index < -0.39 is 23.6 Å². The number of carboxylic acid groups (broad SMARTS) is 1. The van der Waals surface area contributed by atoms with Gasteiger partial charge in [-0.1, -0.05) is 30.3 Å². The van der Waals surface area contributed by atoms with Crippen molar-refractivity contribution in [3.05, 3.63) is 65.0 Å². The number of nitrogens with zero attached hydrogens (tertiary/aromatic N) is 1. The average Bonchev–Trinajstić information content (AvgIpc) is 2.78. The summed E-state index contributed by atoms with van der Waals surface area (Å²) in [7, 11) is 0. The fraction of sp³-hybridized carbons (Fsp3) is 0.292. The molecule has 1 saturated heterocycles. The Bertz CT molecular complexity index is 1170. The van der Waals surface area contributed by atoms with Crippen LogP contribution in [-0.4, -0.2) is 41.1 Å². The van der Waals surface area contributed by atoms with Gasteiger partial charge in [-0.15, -0.1) is 0 Å². The largest absolute Gasteiger partial charge is 0.481 e. The van der Waals surface area contributed by atoms with E-state index in [0.717, 1.165) is 16.5 Å². The number of hydrogen-bond donors (Lipinski definition) is 1. The average molecular weight is 421 g/mol. The maximum absolute atomic E-state index is 12.8. The fourth-order valence-corrected chi connectivity index (χ4v) is 3.96. The molecule has 2 atom stereocenters. The van der Waals surface area contributed by atoms with Gasteiger partial charge in [-0.25, -0.2) is 4.79 Å². The molecule has 31 heavy (non-hydrogen) atoms. The Labute approximate surface area is 178 Å². The monoisotopic (exact) mass is 421 g/mol. The number of piperidine rings is 1. The van der Waals surface area contributed by atoms with Gasteiger partial charge in [-0.3, -0.25) is 9.59 Å². The lowest BCUT2D eigenvalue weighted by Crippen LogP contribution is -2.47. The van der Waals surface area contributed by atoms with E-state index in [1.54, 1.807) is 30.0 Å². The van der Waals surface area contributed by atoms with Gasteiger partial charge >= 0.3 is 11.6 Å². The molecule has 1 aliphatic heterocycles. The number of carbonyl (C=O) groups is 2. The van der Waals surface area contributed by atoms with Crippen molar-refractivity contribution in [1.82, 2.24) is 4.90 Å². The minimum atomic E-state index is -0.884. The molecule has 1 amide bonds. The van der Waals surface area contributed by atoms with Crippen molar-refractivity contribution in [2.24, 2.45) is 5.92 Å². The summed E-state index contributed by atoms with van der Waals surface area (Å²) in [6, 6.07) is 16.1. The first-order chi connectivity index (χ1) is 14.9. The predicted molar refractivity (Wildman–Crippen MR) is 115 cm³/mol. The van der Waals surface area contributed by atoms with E-state index >= 15 is 0 Å². The number of amides is 1. The Kier molecular flexibility index (Phi) is 5.75. The van der Waals surface area contributed by atoms with E-state index in [1.165, 1.54) is 6.07 Å². The summed E-state index contributed by atoms with van der Waals surface area (Å²) < 4.78 is 11.2. The number of fused-ring (bicyclic) bond motifs is 1. The first kappa shape index (κ1) is 20.7. The summed E-state index contributed by atoms with van der Waals surface area (Å²) in [5.41, 5.74) is 1.55. The van der Waals surface area contributed by atoms with Gasteiger partial charge in [0.2, 0.25) is 0 Å². The Balaban J connectivity index is 1.56. The van der Waals surface area contributed by atoms with Crippen molar-refractivity contribution in [1.29, 1.82) is 0 Å². The molecule has 160 valence electrons. The van der Waals surface area contributed by atoms with Crippen molar-refractivity contribution in [3.63, 3.8) is 0 Å². The molecule has 3 aromatic rings. The Morgan fingerprint density at radius 2 is 1.94 bits per heavy atom. The lowest BCUT2D eigenvalue weighted by atomic mass is 9.98. The van der Waals surface area contributed by atoms with Crippen molar-refractivity contribution in [2.45, 2.75) is 25.9 Å². The molecule has 0 bridgehead atoms. The highest BCUT2D eigenvalue weighted by Crippen LogP contribution is 2.30. The van der Waals surface area contributed by atoms with E-state index in [0.29, 0.717) is 30.7 Å². The van der Waals surface area contributed by atoms with Gasteiger partial charge in [0, 0.05) is 30.6 Å². The molecule has 0 saturated carbocycles. The number of hydrogen-bond acceptors (Lipinski definition) is 5. The second kappa shape index (κ2) is 8.63. The number of benzene rings is 2. The fourth-order valence-electron chi connectivity index (χ4n) is 3.96. The number of likely N-dealkylation sites (tertiary alicyclic amines) is 1. The van der Waals surface area contributed by atoms with E-state index in [-0.39, 0.29) is 12.5 Å². The minimum absolute atomic E-state index is 0.189. The van der Waals surface area contributed by atoms with Crippen LogP contribution in [-0.2, 0) is 9.59 Å². The molecule has 1 aliphatic rings. The van der Waals surface area contributed by atoms with E-state index in [4.69, 9.17) is 9.15 Å². The van der Waals surface area contributed by atoms with Gasteiger partial charge in [0.05, 0.1) is 5.92 Å². The normalized spacial score (nSPS) is 17.3. The number of ether oxygens (including phenoxy) is 1. The Morgan fingerprint density at radius 1 is 1.16 bits per heavy atom. The lowest BCUT2D eigenvalue weighted by molar-refractivity contribution is -0.147. The maximum Gasteiger partial charge on any atom is 0.336 e. The summed E-state index contributed by atoms with van der Waals surface area (Å²) in [5.74, 6) is -1.29. The highest BCUT2D eigenvalue weighted by Gasteiger charge is 2.31. The lowest BCUT2D eigenvalue weighted by Gasteiger charge is -2.32. The minimum Gasteiger partial charge on any atom is -0.481 e. The third kappa shape index (κ3) is 4.45. The van der Waals surface area contributed by atoms with Crippen LogP contribution in [0.15, 0.2) is 63.8 Å².